The third kappa shape index (κ3) is 7.61. The Balaban J connectivity index is 1.67. The van der Waals surface area contributed by atoms with Gasteiger partial charge in [-0.25, -0.2) is 14.6 Å². The second-order valence-electron chi connectivity index (χ2n) is 8.26. The van der Waals surface area contributed by atoms with Crippen molar-refractivity contribution in [1.29, 1.82) is 0 Å². The van der Waals surface area contributed by atoms with Gasteiger partial charge in [0.1, 0.15) is 16.7 Å². The van der Waals surface area contributed by atoms with Crippen molar-refractivity contribution in [3.05, 3.63) is 47.0 Å². The Bertz CT molecular complexity index is 1130. The van der Waals surface area contributed by atoms with E-state index in [1.807, 2.05) is 37.3 Å². The molecule has 1 aromatic carbocycles. The number of carboxylic acid groups (broad SMARTS) is 1. The van der Waals surface area contributed by atoms with Gasteiger partial charge in [-0.05, 0) is 12.5 Å². The Hall–Kier alpha value is -3.77. The number of aliphatic hydroxyl groups is 1. The summed E-state index contributed by atoms with van der Waals surface area (Å²) in [4.78, 5) is 56.9. The Morgan fingerprint density at radius 2 is 1.81 bits per heavy atom. The van der Waals surface area contributed by atoms with Crippen LogP contribution in [0, 0.1) is 0 Å². The first-order valence-corrected chi connectivity index (χ1v) is 12.7. The molecule has 1 fully saturated rings. The molecule has 198 valence electrons. The number of rotatable bonds is 10. The number of hydrogen-bond donors (Lipinski definition) is 3. The number of nitrogens with one attached hydrogen (secondary N) is 1. The first-order chi connectivity index (χ1) is 17.8. The van der Waals surface area contributed by atoms with Crippen LogP contribution in [-0.2, 0) is 14.3 Å². The minimum absolute atomic E-state index is 0.0488. The number of ether oxygens (including phenoxy) is 1. The van der Waals surface area contributed by atoms with Gasteiger partial charge in [-0.1, -0.05) is 43.7 Å². The minimum Gasteiger partial charge on any atom is -0.478 e. The van der Waals surface area contributed by atoms with E-state index in [1.165, 1.54) is 15.9 Å². The van der Waals surface area contributed by atoms with Crippen LogP contribution in [0.5, 0.6) is 0 Å². The molecule has 12 heteroatoms. The number of carbonyl (C=O) groups is 4. The van der Waals surface area contributed by atoms with Crippen molar-refractivity contribution in [2.24, 2.45) is 0 Å². The van der Waals surface area contributed by atoms with Gasteiger partial charge in [-0.15, -0.1) is 11.3 Å². The van der Waals surface area contributed by atoms with Crippen molar-refractivity contribution in [1.82, 2.24) is 20.1 Å². The first kappa shape index (κ1) is 27.8. The third-order valence-electron chi connectivity index (χ3n) is 5.63. The quantitative estimate of drug-likeness (QED) is 0.312. The Labute approximate surface area is 218 Å². The van der Waals surface area contributed by atoms with Crippen LogP contribution in [0.4, 0.5) is 4.79 Å². The van der Waals surface area contributed by atoms with Crippen LogP contribution in [0.1, 0.15) is 35.1 Å². The van der Waals surface area contributed by atoms with Crippen LogP contribution in [0.3, 0.4) is 0 Å². The molecule has 0 saturated carbocycles. The smallest absolute Gasteiger partial charge is 0.409 e. The molecule has 0 unspecified atom stereocenters. The van der Waals surface area contributed by atoms with Gasteiger partial charge < -0.3 is 30.1 Å². The molecule has 37 heavy (non-hydrogen) atoms. The maximum absolute atomic E-state index is 13.1. The normalized spacial score (nSPS) is 14.4. The molecular weight excluding hydrogens is 500 g/mol. The van der Waals surface area contributed by atoms with Crippen molar-refractivity contribution in [2.45, 2.75) is 25.8 Å². The molecule has 1 aliphatic heterocycles. The van der Waals surface area contributed by atoms with Gasteiger partial charge in [0.2, 0.25) is 5.91 Å². The van der Waals surface area contributed by atoms with Crippen LogP contribution in [0.25, 0.3) is 16.6 Å². The molecule has 0 bridgehead atoms. The lowest BCUT2D eigenvalue weighted by Gasteiger charge is -2.35. The Morgan fingerprint density at radius 1 is 1.14 bits per heavy atom. The van der Waals surface area contributed by atoms with Gasteiger partial charge in [0.15, 0.2) is 0 Å². The first-order valence-electron chi connectivity index (χ1n) is 11.9. The van der Waals surface area contributed by atoms with Crippen LogP contribution in [0.2, 0.25) is 0 Å². The summed E-state index contributed by atoms with van der Waals surface area (Å²) in [6.45, 7) is 2.72. The second-order valence-corrected chi connectivity index (χ2v) is 9.29. The lowest BCUT2D eigenvalue weighted by atomic mass is 10.2. The van der Waals surface area contributed by atoms with Crippen LogP contribution < -0.4 is 5.32 Å². The molecule has 3 N–H and O–H groups in total. The van der Waals surface area contributed by atoms with Gasteiger partial charge in [-0.2, -0.15) is 0 Å². The number of thiazole rings is 1. The number of amides is 3. The number of nitrogens with zero attached hydrogens (tertiary/aromatic N) is 3. The molecule has 2 heterocycles. The second kappa shape index (κ2) is 13.5. The average molecular weight is 531 g/mol. The van der Waals surface area contributed by atoms with Crippen LogP contribution in [-0.4, -0.2) is 94.3 Å². The van der Waals surface area contributed by atoms with E-state index in [0.29, 0.717) is 16.5 Å². The molecule has 3 amide bonds. The number of benzene rings is 1. The number of aromatic nitrogens is 1. The zero-order chi connectivity index (χ0) is 26.8. The lowest BCUT2D eigenvalue weighted by Crippen LogP contribution is -2.56. The standard InChI is InChI=1S/C25H30N4O7S/c1-2-3-15-36-25(35)29-13-11-28(12-14-29)24(34)18(16-30)26-22(33)21-19(9-10-20(31)32)37-23(27-21)17-7-5-4-6-8-17/h4-10,18,30H,2-3,11-16H2,1H3,(H,26,33)(H,31,32)/t18-/m0/s1. The van der Waals surface area contributed by atoms with Crippen molar-refractivity contribution in [3.63, 3.8) is 0 Å². The number of carboxylic acids is 1. The Kier molecular flexibility index (Phi) is 10.2. The van der Waals surface area contributed by atoms with E-state index in [-0.39, 0.29) is 31.9 Å². The van der Waals surface area contributed by atoms with E-state index < -0.39 is 36.5 Å². The molecule has 0 spiro atoms. The number of unbranched alkanes of at least 4 members (excludes halogenated alkanes) is 1. The van der Waals surface area contributed by atoms with Gasteiger partial charge in [0, 0.05) is 37.8 Å². The number of piperazine rings is 1. The van der Waals surface area contributed by atoms with Gasteiger partial charge in [0.25, 0.3) is 5.91 Å². The number of carbonyl (C=O) groups excluding carboxylic acids is 3. The van der Waals surface area contributed by atoms with Crippen molar-refractivity contribution in [2.75, 3.05) is 39.4 Å². The van der Waals surface area contributed by atoms with E-state index in [2.05, 4.69) is 10.3 Å². The van der Waals surface area contributed by atoms with E-state index in [0.717, 1.165) is 35.8 Å². The fourth-order valence-electron chi connectivity index (χ4n) is 3.60. The number of hydrogen-bond acceptors (Lipinski definition) is 8. The van der Waals surface area contributed by atoms with Gasteiger partial charge >= 0.3 is 12.1 Å². The maximum Gasteiger partial charge on any atom is 0.409 e. The van der Waals surface area contributed by atoms with Gasteiger partial charge in [-0.3, -0.25) is 9.59 Å². The highest BCUT2D eigenvalue weighted by atomic mass is 32.1. The van der Waals surface area contributed by atoms with Crippen LogP contribution >= 0.6 is 11.3 Å². The summed E-state index contributed by atoms with van der Waals surface area (Å²) >= 11 is 1.13. The van der Waals surface area contributed by atoms with Gasteiger partial charge in [0.05, 0.1) is 18.1 Å². The minimum atomic E-state index is -1.23. The molecule has 1 aliphatic rings. The van der Waals surface area contributed by atoms with Crippen molar-refractivity contribution >= 4 is 41.3 Å². The molecule has 1 aromatic heterocycles. The summed E-state index contributed by atoms with van der Waals surface area (Å²) < 4.78 is 5.21. The molecule has 1 saturated heterocycles. The molecule has 11 nitrogen and oxygen atoms in total. The predicted molar refractivity (Wildman–Crippen MR) is 137 cm³/mol. The highest BCUT2D eigenvalue weighted by Crippen LogP contribution is 2.29. The SMILES string of the molecule is CCCCOC(=O)N1CCN(C(=O)[C@H](CO)NC(=O)c2nc(-c3ccccc3)sc2C=CC(=O)O)CC1. The highest BCUT2D eigenvalue weighted by molar-refractivity contribution is 7.16. The predicted octanol–water partition coefficient (Wildman–Crippen LogP) is 2.08. The Morgan fingerprint density at radius 3 is 2.43 bits per heavy atom. The molecule has 1 atom stereocenters. The van der Waals surface area contributed by atoms with Crippen molar-refractivity contribution in [3.8, 4) is 10.6 Å². The van der Waals surface area contributed by atoms with E-state index in [4.69, 9.17) is 9.84 Å². The zero-order valence-electron chi connectivity index (χ0n) is 20.5. The zero-order valence-corrected chi connectivity index (χ0v) is 21.3. The summed E-state index contributed by atoms with van der Waals surface area (Å²) in [5.74, 6) is -2.39. The summed E-state index contributed by atoms with van der Waals surface area (Å²) in [6.07, 6.45) is 3.44. The summed E-state index contributed by atoms with van der Waals surface area (Å²) in [7, 11) is 0. The topological polar surface area (TPSA) is 149 Å². The monoisotopic (exact) mass is 530 g/mol. The number of aliphatic hydroxyl groups excluding tert-OH is 1. The molecule has 3 rings (SSSR count). The summed E-state index contributed by atoms with van der Waals surface area (Å²) in [5.41, 5.74) is 0.699. The molecular formula is C25H30N4O7S. The highest BCUT2D eigenvalue weighted by Gasteiger charge is 2.31. The van der Waals surface area contributed by atoms with E-state index in [9.17, 15) is 24.3 Å². The molecule has 0 radical (unpaired) electrons. The average Bonchev–Trinajstić information content (AvgIpc) is 3.35. The van der Waals surface area contributed by atoms with Crippen LogP contribution in [0.15, 0.2) is 36.4 Å². The largest absolute Gasteiger partial charge is 0.478 e. The number of aliphatic carboxylic acids is 1. The summed E-state index contributed by atoms with van der Waals surface area (Å²) in [5, 5.41) is 21.9. The molecule has 0 aliphatic carbocycles. The fourth-order valence-corrected chi connectivity index (χ4v) is 4.57. The lowest BCUT2D eigenvalue weighted by molar-refractivity contribution is -0.136. The summed E-state index contributed by atoms with van der Waals surface area (Å²) in [6, 6.07) is 7.86. The van der Waals surface area contributed by atoms with E-state index >= 15 is 0 Å². The van der Waals surface area contributed by atoms with Crippen molar-refractivity contribution < 1.29 is 34.1 Å². The third-order valence-corrected chi connectivity index (χ3v) is 6.70. The maximum atomic E-state index is 13.1. The molecule has 2 aromatic rings. The fraction of sp³-hybridized carbons (Fsp3) is 0.400. The van der Waals surface area contributed by atoms with E-state index in [1.54, 1.807) is 0 Å².